The summed E-state index contributed by atoms with van der Waals surface area (Å²) in [4.78, 5) is 26.9. The van der Waals surface area contributed by atoms with Gasteiger partial charge in [0.05, 0.1) is 24.3 Å². The highest BCUT2D eigenvalue weighted by molar-refractivity contribution is 6.07. The van der Waals surface area contributed by atoms with Crippen LogP contribution in [0.25, 0.3) is 0 Å². The van der Waals surface area contributed by atoms with E-state index in [1.54, 1.807) is 19.1 Å². The van der Waals surface area contributed by atoms with Crippen molar-refractivity contribution in [1.82, 2.24) is 20.1 Å². The van der Waals surface area contributed by atoms with Crippen molar-refractivity contribution >= 4 is 17.7 Å². The molecule has 3 heterocycles. The molecule has 11 heteroatoms. The summed E-state index contributed by atoms with van der Waals surface area (Å²) in [5.74, 6) is -0.100. The number of ether oxygens (including phenoxy) is 1. The van der Waals surface area contributed by atoms with Crippen molar-refractivity contribution in [2.45, 2.75) is 13.0 Å². The molecule has 0 unspecified atom stereocenters. The van der Waals surface area contributed by atoms with Gasteiger partial charge in [-0.15, -0.1) is 0 Å². The molecular formula is C26H32FN5O5. The molecule has 1 saturated heterocycles. The molecule has 3 N–H and O–H groups in total. The van der Waals surface area contributed by atoms with Gasteiger partial charge >= 0.3 is 6.09 Å². The van der Waals surface area contributed by atoms with Crippen LogP contribution in [0.3, 0.4) is 0 Å². The molecule has 0 radical (unpaired) electrons. The van der Waals surface area contributed by atoms with E-state index in [0.717, 1.165) is 44.3 Å². The number of aromatic hydroxyl groups is 1. The van der Waals surface area contributed by atoms with Gasteiger partial charge in [-0.2, -0.15) is 10.1 Å². The molecule has 37 heavy (non-hydrogen) atoms. The van der Waals surface area contributed by atoms with Crippen molar-refractivity contribution in [2.24, 2.45) is 11.0 Å². The monoisotopic (exact) mass is 513 g/mol. The number of carbonyl (C=O) groups excluding carboxylic acids is 1. The summed E-state index contributed by atoms with van der Waals surface area (Å²) in [6.07, 6.45) is -1.22. The molecule has 0 aliphatic carbocycles. The Hall–Kier alpha value is -3.70. The van der Waals surface area contributed by atoms with Crippen molar-refractivity contribution in [3.05, 3.63) is 59.4 Å². The predicted molar refractivity (Wildman–Crippen MR) is 135 cm³/mol. The molecule has 198 valence electrons. The number of benzene rings is 2. The number of nitrogens with zero attached hydrogens (tertiary/aromatic N) is 4. The lowest BCUT2D eigenvalue weighted by Gasteiger charge is -2.34. The first-order valence-electron chi connectivity index (χ1n) is 12.2. The maximum atomic E-state index is 13.6. The van der Waals surface area contributed by atoms with Gasteiger partial charge in [-0.05, 0) is 42.9 Å². The van der Waals surface area contributed by atoms with E-state index in [2.05, 4.69) is 15.3 Å². The summed E-state index contributed by atoms with van der Waals surface area (Å²) in [6.45, 7) is 7.79. The Morgan fingerprint density at radius 2 is 1.92 bits per heavy atom. The van der Waals surface area contributed by atoms with E-state index in [4.69, 9.17) is 4.74 Å². The fraction of sp³-hybridized carbons (Fsp3) is 0.423. The largest absolute Gasteiger partial charge is 0.508 e. The summed E-state index contributed by atoms with van der Waals surface area (Å²) in [5.41, 5.74) is 1.54. The van der Waals surface area contributed by atoms with Crippen LogP contribution in [0.5, 0.6) is 11.5 Å². The summed E-state index contributed by atoms with van der Waals surface area (Å²) in [7, 11) is 1.96. The van der Waals surface area contributed by atoms with Crippen LogP contribution in [0.15, 0.2) is 47.6 Å². The van der Waals surface area contributed by atoms with Gasteiger partial charge < -0.3 is 25.2 Å². The Balaban J connectivity index is 0.000000209. The van der Waals surface area contributed by atoms with Crippen LogP contribution in [-0.4, -0.2) is 95.7 Å². The first-order valence-corrected chi connectivity index (χ1v) is 12.2. The van der Waals surface area contributed by atoms with Gasteiger partial charge in [-0.1, -0.05) is 12.1 Å². The average Bonchev–Trinajstić information content (AvgIpc) is 3.29. The van der Waals surface area contributed by atoms with Crippen LogP contribution in [-0.2, 0) is 4.79 Å². The van der Waals surface area contributed by atoms with Crippen molar-refractivity contribution in [3.8, 4) is 11.5 Å². The smallest absolute Gasteiger partial charge is 0.428 e. The third-order valence-corrected chi connectivity index (χ3v) is 6.75. The fourth-order valence-corrected chi connectivity index (χ4v) is 4.80. The molecule has 5 rings (SSSR count). The molecule has 0 bridgehead atoms. The number of nitrogens with one attached hydrogen (secondary N) is 1. The SMILES string of the molecule is CNCCN1CCN(C(C)=O)CC1.O=C(O)N1N=C2c3cc(F)ccc3OC[C@H]2[C@H]1c1cccc(O)c1. The molecule has 0 spiro atoms. The van der Waals surface area contributed by atoms with Crippen LogP contribution in [0.2, 0.25) is 0 Å². The second-order valence-electron chi connectivity index (χ2n) is 9.16. The highest BCUT2D eigenvalue weighted by Gasteiger charge is 2.45. The minimum atomic E-state index is -1.22. The third kappa shape index (κ3) is 6.00. The molecule has 2 aromatic rings. The highest BCUT2D eigenvalue weighted by Crippen LogP contribution is 2.43. The van der Waals surface area contributed by atoms with E-state index in [-0.39, 0.29) is 24.2 Å². The molecule has 3 aliphatic rings. The summed E-state index contributed by atoms with van der Waals surface area (Å²) >= 11 is 0. The van der Waals surface area contributed by atoms with E-state index in [1.165, 1.54) is 30.3 Å². The fourth-order valence-electron chi connectivity index (χ4n) is 4.80. The number of carbonyl (C=O) groups is 2. The lowest BCUT2D eigenvalue weighted by molar-refractivity contribution is -0.130. The maximum Gasteiger partial charge on any atom is 0.428 e. The Labute approximate surface area is 214 Å². The Kier molecular flexibility index (Phi) is 8.24. The van der Waals surface area contributed by atoms with Crippen molar-refractivity contribution in [1.29, 1.82) is 0 Å². The van der Waals surface area contributed by atoms with Gasteiger partial charge in [0.1, 0.15) is 17.3 Å². The number of hydrogen-bond donors (Lipinski definition) is 3. The van der Waals surface area contributed by atoms with E-state index in [9.17, 15) is 24.2 Å². The Morgan fingerprint density at radius 3 is 2.57 bits per heavy atom. The van der Waals surface area contributed by atoms with Gasteiger partial charge in [0.25, 0.3) is 0 Å². The molecule has 0 aromatic heterocycles. The number of likely N-dealkylation sites (N-methyl/N-ethyl adjacent to an activating group) is 1. The molecule has 10 nitrogen and oxygen atoms in total. The van der Waals surface area contributed by atoms with Crippen LogP contribution in [0.4, 0.5) is 9.18 Å². The molecule has 2 amide bonds. The number of piperazine rings is 1. The number of phenols is 1. The molecule has 2 atom stereocenters. The lowest BCUT2D eigenvalue weighted by Crippen LogP contribution is -2.49. The standard InChI is InChI=1S/C17H13FN2O4.C9H19N3O/c18-10-4-5-14-12(7-10)15-13(8-24-14)16(20(19-15)17(22)23)9-2-1-3-11(21)6-9;1-9(13)12-7-5-11(6-8-12)4-3-10-2/h1-7,13,16,21H,8H2,(H,22,23);10H,3-8H2,1-2H3/t13-,16-;/m1./s1. The number of amides is 2. The second kappa shape index (κ2) is 11.6. The number of halogens is 1. The summed E-state index contributed by atoms with van der Waals surface area (Å²) in [5, 5.41) is 27.5. The molecule has 0 saturated carbocycles. The van der Waals surface area contributed by atoms with E-state index in [0.29, 0.717) is 22.6 Å². The van der Waals surface area contributed by atoms with Crippen LogP contribution in [0, 0.1) is 11.7 Å². The zero-order chi connectivity index (χ0) is 26.5. The lowest BCUT2D eigenvalue weighted by atomic mass is 9.86. The van der Waals surface area contributed by atoms with Crippen LogP contribution in [0.1, 0.15) is 24.1 Å². The Bertz CT molecular complexity index is 1170. The third-order valence-electron chi connectivity index (χ3n) is 6.75. The topological polar surface area (TPSA) is 118 Å². The predicted octanol–water partition coefficient (Wildman–Crippen LogP) is 2.35. The van der Waals surface area contributed by atoms with Crippen molar-refractivity contribution in [2.75, 3.05) is 52.9 Å². The molecule has 1 fully saturated rings. The summed E-state index contributed by atoms with van der Waals surface area (Å²) < 4.78 is 19.3. The number of rotatable bonds is 4. The number of fused-ring (bicyclic) bond motifs is 3. The zero-order valence-corrected chi connectivity index (χ0v) is 20.9. The van der Waals surface area contributed by atoms with Gasteiger partial charge in [0.2, 0.25) is 5.91 Å². The number of phenolic OH excluding ortho intramolecular Hbond substituents is 1. The minimum Gasteiger partial charge on any atom is -0.508 e. The Morgan fingerprint density at radius 1 is 1.16 bits per heavy atom. The van der Waals surface area contributed by atoms with E-state index < -0.39 is 18.0 Å². The quantitative estimate of drug-likeness (QED) is 0.575. The molecule has 3 aliphatic heterocycles. The number of hydrogen-bond acceptors (Lipinski definition) is 7. The summed E-state index contributed by atoms with van der Waals surface area (Å²) in [6, 6.07) is 9.83. The first kappa shape index (κ1) is 26.4. The van der Waals surface area contributed by atoms with Crippen LogP contribution < -0.4 is 10.1 Å². The van der Waals surface area contributed by atoms with Crippen molar-refractivity contribution < 1.29 is 28.9 Å². The van der Waals surface area contributed by atoms with Crippen LogP contribution >= 0.6 is 0 Å². The van der Waals surface area contributed by atoms with Gasteiger partial charge in [-0.25, -0.2) is 9.18 Å². The van der Waals surface area contributed by atoms with Gasteiger partial charge in [0, 0.05) is 51.8 Å². The normalized spacial score (nSPS) is 20.7. The highest BCUT2D eigenvalue weighted by atomic mass is 19.1. The number of carboxylic acid groups (broad SMARTS) is 1. The molecule has 2 aromatic carbocycles. The van der Waals surface area contributed by atoms with Crippen molar-refractivity contribution in [3.63, 3.8) is 0 Å². The van der Waals surface area contributed by atoms with Gasteiger partial charge in [0.15, 0.2) is 0 Å². The average molecular weight is 514 g/mol. The maximum absolute atomic E-state index is 13.6. The van der Waals surface area contributed by atoms with Gasteiger partial charge in [-0.3, -0.25) is 9.69 Å². The number of hydrazone groups is 1. The second-order valence-corrected chi connectivity index (χ2v) is 9.16. The van der Waals surface area contributed by atoms with E-state index in [1.807, 2.05) is 11.9 Å². The zero-order valence-electron chi connectivity index (χ0n) is 20.9. The first-order chi connectivity index (χ1) is 17.8. The van der Waals surface area contributed by atoms with E-state index >= 15 is 0 Å². The minimum absolute atomic E-state index is 0.0365. The molecular weight excluding hydrogens is 481 g/mol.